The topological polar surface area (TPSA) is 7.76 Å². The summed E-state index contributed by atoms with van der Waals surface area (Å²) in [5.41, 5.74) is 9.87. The van der Waals surface area contributed by atoms with Gasteiger partial charge in [-0.3, -0.25) is 0 Å². The number of hydrogen-bond donors (Lipinski definition) is 0. The summed E-state index contributed by atoms with van der Waals surface area (Å²) < 4.78 is 21.7. The van der Waals surface area contributed by atoms with Crippen LogP contribution < -0.4 is 9.13 Å². The lowest BCUT2D eigenvalue weighted by Crippen LogP contribution is -2.76. The molecule has 0 saturated heterocycles. The number of fused-ring (bicyclic) bond motifs is 7. The molecule has 234 valence electrons. The predicted octanol–water partition coefficient (Wildman–Crippen LogP) is 9.85. The molecule has 0 bridgehead atoms. The minimum atomic E-state index is -0.468. The van der Waals surface area contributed by atoms with E-state index in [1.54, 1.807) is 6.07 Å². The molecule has 0 amide bonds. The van der Waals surface area contributed by atoms with Crippen molar-refractivity contribution in [2.45, 2.75) is 89.6 Å². The summed E-state index contributed by atoms with van der Waals surface area (Å²) in [6.07, 6.45) is 9.90. The molecule has 2 aliphatic heterocycles. The third-order valence-corrected chi connectivity index (χ3v) is 12.5. The van der Waals surface area contributed by atoms with Gasteiger partial charge in [-0.05, 0) is 71.3 Å². The number of nitrogens with zero attached hydrogens (tertiary/aromatic N) is 2. The number of rotatable bonds is 5. The minimum absolute atomic E-state index is 0.0887. The molecule has 4 heterocycles. The highest BCUT2D eigenvalue weighted by Gasteiger charge is 2.69. The number of pyridine rings is 2. The van der Waals surface area contributed by atoms with Gasteiger partial charge in [-0.15, -0.1) is 0 Å². The predicted molar refractivity (Wildman–Crippen MR) is 189 cm³/mol. The Hall–Kier alpha value is -4.37. The molecule has 1 unspecified atom stereocenters. The van der Waals surface area contributed by atoms with Crippen molar-refractivity contribution in [2.75, 3.05) is 0 Å². The van der Waals surface area contributed by atoms with Gasteiger partial charge in [0.15, 0.2) is 12.4 Å². The van der Waals surface area contributed by atoms with Crippen LogP contribution in [-0.4, -0.2) is 0 Å². The van der Waals surface area contributed by atoms with E-state index in [2.05, 4.69) is 135 Å². The Morgan fingerprint density at radius 2 is 1.51 bits per heavy atom. The molecule has 1 aliphatic carbocycles. The first kappa shape index (κ1) is 28.8. The summed E-state index contributed by atoms with van der Waals surface area (Å²) in [5, 5.41) is 5.11. The Morgan fingerprint density at radius 3 is 2.32 bits per heavy atom. The summed E-state index contributed by atoms with van der Waals surface area (Å²) >= 11 is 0. The first-order chi connectivity index (χ1) is 22.8. The van der Waals surface area contributed by atoms with Crippen LogP contribution in [0.15, 0.2) is 97.3 Å². The monoisotopic (exact) mass is 618 g/mol. The number of unbranched alkanes of at least 4 members (excludes halogenated alkanes) is 1. The lowest BCUT2D eigenvalue weighted by molar-refractivity contribution is -0.826. The van der Waals surface area contributed by atoms with Gasteiger partial charge in [0.1, 0.15) is 5.82 Å². The summed E-state index contributed by atoms with van der Waals surface area (Å²) in [7, 11) is 0. The molecule has 47 heavy (non-hydrogen) atoms. The quantitative estimate of drug-likeness (QED) is 0.170. The van der Waals surface area contributed by atoms with Crippen molar-refractivity contribution in [3.63, 3.8) is 0 Å². The molecule has 3 heteroatoms. The molecule has 1 atom stereocenters. The van der Waals surface area contributed by atoms with Gasteiger partial charge in [-0.1, -0.05) is 95.6 Å². The Labute approximate surface area is 277 Å². The van der Waals surface area contributed by atoms with Gasteiger partial charge in [0.25, 0.3) is 5.54 Å². The van der Waals surface area contributed by atoms with Crippen molar-refractivity contribution < 1.29 is 13.5 Å². The first-order valence-electron chi connectivity index (χ1n) is 17.7. The zero-order valence-corrected chi connectivity index (χ0v) is 28.3. The Balaban J connectivity index is 1.48. The Bertz CT molecular complexity index is 2290. The third-order valence-electron chi connectivity index (χ3n) is 12.5. The molecule has 9 rings (SSSR count). The van der Waals surface area contributed by atoms with E-state index in [9.17, 15) is 0 Å². The highest BCUT2D eigenvalue weighted by molar-refractivity contribution is 6.02. The summed E-state index contributed by atoms with van der Waals surface area (Å²) in [6.45, 7) is 12.3. The lowest BCUT2D eigenvalue weighted by Gasteiger charge is -2.51. The molecule has 4 aromatic carbocycles. The maximum absolute atomic E-state index is 16.5. The van der Waals surface area contributed by atoms with Crippen LogP contribution in [0, 0.1) is 5.82 Å². The maximum atomic E-state index is 16.5. The van der Waals surface area contributed by atoms with E-state index in [1.165, 1.54) is 60.8 Å². The van der Waals surface area contributed by atoms with E-state index >= 15 is 4.39 Å². The van der Waals surface area contributed by atoms with E-state index in [0.29, 0.717) is 0 Å². The Morgan fingerprint density at radius 1 is 0.745 bits per heavy atom. The van der Waals surface area contributed by atoms with Crippen molar-refractivity contribution in [3.8, 4) is 22.5 Å². The molecule has 0 saturated carbocycles. The molecule has 2 nitrogen and oxygen atoms in total. The second-order valence-electron chi connectivity index (χ2n) is 14.8. The largest absolute Gasteiger partial charge is 0.262 e. The van der Waals surface area contributed by atoms with Crippen LogP contribution in [0.3, 0.4) is 0 Å². The molecule has 0 fully saturated rings. The van der Waals surface area contributed by atoms with Gasteiger partial charge in [-0.25, -0.2) is 4.39 Å². The lowest BCUT2D eigenvalue weighted by atomic mass is 9.52. The van der Waals surface area contributed by atoms with Gasteiger partial charge >= 0.3 is 0 Å². The van der Waals surface area contributed by atoms with E-state index < -0.39 is 11.0 Å². The van der Waals surface area contributed by atoms with Gasteiger partial charge < -0.3 is 0 Å². The van der Waals surface area contributed by atoms with Crippen molar-refractivity contribution in [3.05, 3.63) is 131 Å². The zero-order chi connectivity index (χ0) is 32.3. The van der Waals surface area contributed by atoms with Crippen molar-refractivity contribution >= 4 is 21.5 Å². The van der Waals surface area contributed by atoms with E-state index in [0.717, 1.165) is 49.8 Å². The number of aryl methyl sites for hydroxylation is 1. The van der Waals surface area contributed by atoms with Crippen molar-refractivity contribution in [2.24, 2.45) is 0 Å². The van der Waals surface area contributed by atoms with Gasteiger partial charge in [0, 0.05) is 28.7 Å². The number of hydrogen-bond acceptors (Lipinski definition) is 0. The highest BCUT2D eigenvalue weighted by Crippen LogP contribution is 2.61. The second kappa shape index (κ2) is 9.83. The zero-order valence-electron chi connectivity index (χ0n) is 28.3. The maximum Gasteiger partial charge on any atom is 0.262 e. The van der Waals surface area contributed by atoms with E-state index in [1.807, 2.05) is 0 Å². The molecule has 0 radical (unpaired) electrons. The number of halogens is 1. The van der Waals surface area contributed by atoms with Crippen LogP contribution in [0.4, 0.5) is 4.39 Å². The van der Waals surface area contributed by atoms with Crippen molar-refractivity contribution in [1.82, 2.24) is 0 Å². The van der Waals surface area contributed by atoms with Crippen LogP contribution in [0.1, 0.15) is 88.1 Å². The normalized spacial score (nSPS) is 19.2. The highest BCUT2D eigenvalue weighted by atomic mass is 19.1. The van der Waals surface area contributed by atoms with Crippen LogP contribution in [-0.2, 0) is 29.3 Å². The summed E-state index contributed by atoms with van der Waals surface area (Å²) in [5.74, 6) is -0.0887. The van der Waals surface area contributed by atoms with Crippen molar-refractivity contribution in [1.29, 1.82) is 0 Å². The standard InChI is InChI=1S/C44H43FN2/c1-6-9-14-28-25-30-22-24-47-41-37(30)35(26-28)42(4,5)39-36(45)20-19-34(38(39)41)43(7-2,8-3)44(47)27-46-23-21-29-15-10-11-16-31(29)40(46)32-17-12-13-18-33(32)44/h10-13,15-26H,6-9,14,27H2,1-5H3/q+2. The summed E-state index contributed by atoms with van der Waals surface area (Å²) in [4.78, 5) is 0. The minimum Gasteiger partial charge on any atom is -0.207 e. The molecule has 3 aliphatic rings. The van der Waals surface area contributed by atoms with Crippen LogP contribution in [0.25, 0.3) is 44.1 Å². The van der Waals surface area contributed by atoms with E-state index in [-0.39, 0.29) is 11.2 Å². The van der Waals surface area contributed by atoms with E-state index in [4.69, 9.17) is 0 Å². The fourth-order valence-electron chi connectivity index (χ4n) is 10.4. The smallest absolute Gasteiger partial charge is 0.207 e. The van der Waals surface area contributed by atoms with Gasteiger partial charge in [0.2, 0.25) is 17.9 Å². The Kier molecular flexibility index (Phi) is 6.03. The van der Waals surface area contributed by atoms with Crippen LogP contribution in [0.2, 0.25) is 0 Å². The fraction of sp³-hybridized carbons (Fsp3) is 0.318. The van der Waals surface area contributed by atoms with Crippen LogP contribution in [0.5, 0.6) is 0 Å². The molecule has 1 spiro atoms. The molecule has 2 aromatic heterocycles. The molecule has 6 aromatic rings. The molecular formula is C44H43FN2+2. The molecular weight excluding hydrogens is 575 g/mol. The molecule has 0 N–H and O–H groups in total. The third kappa shape index (κ3) is 3.40. The number of benzene rings is 4. The summed E-state index contributed by atoms with van der Waals surface area (Å²) in [6, 6.07) is 31.3. The van der Waals surface area contributed by atoms with Gasteiger partial charge in [-0.2, -0.15) is 9.13 Å². The van der Waals surface area contributed by atoms with Crippen LogP contribution >= 0.6 is 0 Å². The number of aromatic nitrogens is 2. The SMILES string of the molecule is CCCCc1cc2c3c4[n+](ccc3c1)C1(C[n+]3ccc5ccccc5c3-c3ccccc31)C(CC)(CC)c1ccc(F)c(c1-4)C2(C)C. The average molecular weight is 619 g/mol. The fourth-order valence-corrected chi connectivity index (χ4v) is 10.4. The van der Waals surface area contributed by atoms with Gasteiger partial charge in [0.05, 0.1) is 27.3 Å². The average Bonchev–Trinajstić information content (AvgIpc) is 3.09. The second-order valence-corrected chi connectivity index (χ2v) is 14.8. The first-order valence-corrected chi connectivity index (χ1v) is 17.7.